The van der Waals surface area contributed by atoms with Crippen LogP contribution in [0.25, 0.3) is 17.2 Å². The minimum Gasteiger partial charge on any atom is -0.496 e. The SMILES string of the molecule is CCOC(=O)C=Cc1ccc(OC)c(-c2cc3c(cc2OCCCCCCCC(=O)OC(C)(C)C)C(C)(C)CCC3(C)C)c1. The first-order chi connectivity index (χ1) is 20.7. The van der Waals surface area contributed by atoms with E-state index in [1.54, 1.807) is 20.1 Å². The Morgan fingerprint density at radius 3 is 2.09 bits per heavy atom. The van der Waals surface area contributed by atoms with Gasteiger partial charge < -0.3 is 18.9 Å². The van der Waals surface area contributed by atoms with Crippen LogP contribution in [0.5, 0.6) is 11.5 Å². The van der Waals surface area contributed by atoms with Crippen LogP contribution in [0.2, 0.25) is 0 Å². The van der Waals surface area contributed by atoms with E-state index in [9.17, 15) is 9.59 Å². The van der Waals surface area contributed by atoms with Gasteiger partial charge in [0, 0.05) is 23.6 Å². The lowest BCUT2D eigenvalue weighted by molar-refractivity contribution is -0.155. The molecule has 0 aliphatic heterocycles. The molecule has 242 valence electrons. The third-order valence-corrected chi connectivity index (χ3v) is 8.37. The maximum atomic E-state index is 12.0. The number of benzene rings is 2. The molecule has 0 bridgehead atoms. The summed E-state index contributed by atoms with van der Waals surface area (Å²) >= 11 is 0. The van der Waals surface area contributed by atoms with E-state index in [1.165, 1.54) is 17.2 Å². The number of hydrogen-bond acceptors (Lipinski definition) is 6. The standard InChI is InChI=1S/C38H54O6/c1-10-42-34(39)20-18-27-17-19-32(41-9)28(24-27)29-25-30-31(38(7,8)22-21-37(30,5)6)26-33(29)43-23-15-13-11-12-14-16-35(40)44-36(2,3)4/h17-20,24-26H,10-16,21-23H2,1-9H3. The summed E-state index contributed by atoms with van der Waals surface area (Å²) in [6.45, 7) is 17.7. The molecule has 1 aliphatic carbocycles. The summed E-state index contributed by atoms with van der Waals surface area (Å²) in [5.41, 5.74) is 5.13. The molecule has 2 aromatic rings. The maximum Gasteiger partial charge on any atom is 0.330 e. The van der Waals surface area contributed by atoms with Crippen LogP contribution in [0.15, 0.2) is 36.4 Å². The van der Waals surface area contributed by atoms with Crippen LogP contribution in [0, 0.1) is 0 Å². The molecule has 0 radical (unpaired) electrons. The fourth-order valence-corrected chi connectivity index (χ4v) is 5.79. The largest absolute Gasteiger partial charge is 0.496 e. The molecule has 0 aromatic heterocycles. The summed E-state index contributed by atoms with van der Waals surface area (Å²) in [5.74, 6) is 1.12. The number of fused-ring (bicyclic) bond motifs is 1. The number of hydrogen-bond donors (Lipinski definition) is 0. The van der Waals surface area contributed by atoms with Crippen molar-refractivity contribution in [2.45, 2.75) is 123 Å². The van der Waals surface area contributed by atoms with Crippen LogP contribution in [-0.2, 0) is 29.9 Å². The van der Waals surface area contributed by atoms with Crippen molar-refractivity contribution in [3.8, 4) is 22.6 Å². The van der Waals surface area contributed by atoms with Crippen molar-refractivity contribution in [3.05, 3.63) is 53.1 Å². The van der Waals surface area contributed by atoms with Crippen molar-refractivity contribution in [3.63, 3.8) is 0 Å². The van der Waals surface area contributed by atoms with Gasteiger partial charge in [-0.25, -0.2) is 4.79 Å². The Bertz CT molecular complexity index is 1310. The zero-order valence-corrected chi connectivity index (χ0v) is 28.6. The van der Waals surface area contributed by atoms with E-state index in [-0.39, 0.29) is 22.8 Å². The second-order valence-electron chi connectivity index (χ2n) is 14.2. The fraction of sp³-hybridized carbons (Fsp3) is 0.579. The first kappa shape index (κ1) is 35.2. The molecule has 0 fully saturated rings. The summed E-state index contributed by atoms with van der Waals surface area (Å²) in [4.78, 5) is 23.9. The van der Waals surface area contributed by atoms with Crippen molar-refractivity contribution in [2.24, 2.45) is 0 Å². The van der Waals surface area contributed by atoms with Crippen molar-refractivity contribution < 1.29 is 28.5 Å². The van der Waals surface area contributed by atoms with Crippen LogP contribution in [0.3, 0.4) is 0 Å². The lowest BCUT2D eigenvalue weighted by Gasteiger charge is -2.42. The van der Waals surface area contributed by atoms with E-state index < -0.39 is 5.60 Å². The third-order valence-electron chi connectivity index (χ3n) is 8.37. The Morgan fingerprint density at radius 1 is 0.841 bits per heavy atom. The Balaban J connectivity index is 1.82. The van der Waals surface area contributed by atoms with E-state index in [4.69, 9.17) is 18.9 Å². The van der Waals surface area contributed by atoms with E-state index in [1.807, 2.05) is 32.9 Å². The summed E-state index contributed by atoms with van der Waals surface area (Å²) < 4.78 is 22.9. The molecular formula is C38H54O6. The van der Waals surface area contributed by atoms with Crippen LogP contribution in [-0.4, -0.2) is 37.9 Å². The Labute approximate surface area is 265 Å². The molecule has 6 heteroatoms. The average molecular weight is 607 g/mol. The molecular weight excluding hydrogens is 552 g/mol. The summed E-state index contributed by atoms with van der Waals surface area (Å²) in [5, 5.41) is 0. The molecule has 0 heterocycles. The van der Waals surface area contributed by atoms with E-state index >= 15 is 0 Å². The minimum absolute atomic E-state index is 0.0338. The molecule has 0 unspecified atom stereocenters. The van der Waals surface area contributed by atoms with Crippen LogP contribution in [0.4, 0.5) is 0 Å². The minimum atomic E-state index is -0.431. The van der Waals surface area contributed by atoms with Gasteiger partial charge in [0.1, 0.15) is 17.1 Å². The average Bonchev–Trinajstić information content (AvgIpc) is 2.94. The highest BCUT2D eigenvalue weighted by Crippen LogP contribution is 2.50. The van der Waals surface area contributed by atoms with E-state index in [0.717, 1.165) is 73.1 Å². The monoisotopic (exact) mass is 606 g/mol. The number of carbonyl (C=O) groups is 2. The van der Waals surface area contributed by atoms with Gasteiger partial charge in [-0.05, 0) is 111 Å². The van der Waals surface area contributed by atoms with Crippen molar-refractivity contribution in [1.29, 1.82) is 0 Å². The topological polar surface area (TPSA) is 71.1 Å². The molecule has 0 N–H and O–H groups in total. The first-order valence-electron chi connectivity index (χ1n) is 16.2. The van der Waals surface area contributed by atoms with Gasteiger partial charge in [0.25, 0.3) is 0 Å². The van der Waals surface area contributed by atoms with Gasteiger partial charge in [0.05, 0.1) is 20.3 Å². The smallest absolute Gasteiger partial charge is 0.330 e. The fourth-order valence-electron chi connectivity index (χ4n) is 5.79. The molecule has 1 aliphatic rings. The molecule has 0 atom stereocenters. The maximum absolute atomic E-state index is 12.0. The van der Waals surface area contributed by atoms with Crippen molar-refractivity contribution >= 4 is 18.0 Å². The predicted molar refractivity (Wildman–Crippen MR) is 178 cm³/mol. The van der Waals surface area contributed by atoms with Gasteiger partial charge in [-0.1, -0.05) is 53.0 Å². The number of methoxy groups -OCH3 is 1. The predicted octanol–water partition coefficient (Wildman–Crippen LogP) is 9.35. The Kier molecular flexibility index (Phi) is 12.1. The third kappa shape index (κ3) is 9.87. The highest BCUT2D eigenvalue weighted by molar-refractivity contribution is 5.88. The number of ether oxygens (including phenoxy) is 4. The van der Waals surface area contributed by atoms with Crippen LogP contribution >= 0.6 is 0 Å². The molecule has 3 rings (SSSR count). The molecule has 2 aromatic carbocycles. The lowest BCUT2D eigenvalue weighted by atomic mass is 9.62. The first-order valence-corrected chi connectivity index (χ1v) is 16.2. The molecule has 6 nitrogen and oxygen atoms in total. The van der Waals surface area contributed by atoms with Crippen LogP contribution < -0.4 is 9.47 Å². The van der Waals surface area contributed by atoms with Crippen molar-refractivity contribution in [2.75, 3.05) is 20.3 Å². The van der Waals surface area contributed by atoms with Gasteiger partial charge >= 0.3 is 11.9 Å². The highest BCUT2D eigenvalue weighted by Gasteiger charge is 2.38. The van der Waals surface area contributed by atoms with Gasteiger partial charge in [0.2, 0.25) is 0 Å². The molecule has 0 amide bonds. The highest BCUT2D eigenvalue weighted by atomic mass is 16.6. The van der Waals surface area contributed by atoms with Gasteiger partial charge in [-0.15, -0.1) is 0 Å². The normalized spacial score (nSPS) is 15.5. The second kappa shape index (κ2) is 15.1. The van der Waals surface area contributed by atoms with E-state index in [2.05, 4.69) is 45.9 Å². The second-order valence-corrected chi connectivity index (χ2v) is 14.2. The molecule has 44 heavy (non-hydrogen) atoms. The zero-order valence-electron chi connectivity index (χ0n) is 28.6. The van der Waals surface area contributed by atoms with Crippen LogP contribution in [0.1, 0.15) is 123 Å². The number of rotatable bonds is 14. The van der Waals surface area contributed by atoms with Crippen molar-refractivity contribution in [1.82, 2.24) is 0 Å². The summed E-state index contributed by atoms with van der Waals surface area (Å²) in [7, 11) is 1.68. The molecule has 0 saturated carbocycles. The summed E-state index contributed by atoms with van der Waals surface area (Å²) in [6.07, 6.45) is 10.8. The Morgan fingerprint density at radius 2 is 1.45 bits per heavy atom. The lowest BCUT2D eigenvalue weighted by Crippen LogP contribution is -2.34. The Hall–Kier alpha value is -3.28. The number of carbonyl (C=O) groups excluding carboxylic acids is 2. The number of unbranched alkanes of at least 4 members (excludes halogenated alkanes) is 4. The summed E-state index contributed by atoms with van der Waals surface area (Å²) in [6, 6.07) is 10.5. The number of esters is 2. The molecule has 0 spiro atoms. The molecule has 0 saturated heterocycles. The quantitative estimate of drug-likeness (QED) is 0.121. The van der Waals surface area contributed by atoms with E-state index in [0.29, 0.717) is 19.6 Å². The van der Waals surface area contributed by atoms with Gasteiger partial charge in [-0.3, -0.25) is 4.79 Å². The zero-order chi connectivity index (χ0) is 32.5. The van der Waals surface area contributed by atoms with Gasteiger partial charge in [0.15, 0.2) is 0 Å². The van der Waals surface area contributed by atoms with Gasteiger partial charge in [-0.2, -0.15) is 0 Å².